The van der Waals surface area contributed by atoms with Gasteiger partial charge in [0.2, 0.25) is 47.3 Å². The molecule has 4 rings (SSSR count). The Labute approximate surface area is 418 Å². The van der Waals surface area contributed by atoms with Crippen molar-refractivity contribution in [3.05, 3.63) is 90.1 Å². The smallest absolute Gasteiger partial charge is 0.328 e. The molecule has 0 aliphatic rings. The number of carbonyl (C=O) groups excluding carboxylic acids is 9. The number of esters is 1. The number of nitrogens with one attached hydrogen (secondary N) is 8. The molecule has 8 amide bonds. The third kappa shape index (κ3) is 16.8. The zero-order valence-electron chi connectivity index (χ0n) is 42.1. The maximum Gasteiger partial charge on any atom is 0.328 e. The van der Waals surface area contributed by atoms with Crippen LogP contribution in [0.15, 0.2) is 73.3 Å². The summed E-state index contributed by atoms with van der Waals surface area (Å²) < 4.78 is 4.89. The van der Waals surface area contributed by atoms with Crippen molar-refractivity contribution in [1.29, 1.82) is 0 Å². The van der Waals surface area contributed by atoms with E-state index < -0.39 is 107 Å². The summed E-state index contributed by atoms with van der Waals surface area (Å²) in [4.78, 5) is 133. The molecule has 2 aromatic carbocycles. The molecule has 0 bridgehead atoms. The summed E-state index contributed by atoms with van der Waals surface area (Å²) in [6.07, 6.45) is 4.41. The van der Waals surface area contributed by atoms with Gasteiger partial charge in [-0.25, -0.2) is 9.78 Å². The summed E-state index contributed by atoms with van der Waals surface area (Å²) >= 11 is 0. The molecular weight excluding hydrogens is 929 g/mol. The number of hydrogen-bond acceptors (Lipinski definition) is 12. The van der Waals surface area contributed by atoms with Crippen molar-refractivity contribution >= 4 is 64.1 Å². The van der Waals surface area contributed by atoms with Gasteiger partial charge in [0, 0.05) is 55.3 Å². The first-order valence-electron chi connectivity index (χ1n) is 23.9. The van der Waals surface area contributed by atoms with Crippen LogP contribution in [-0.2, 0) is 67.2 Å². The van der Waals surface area contributed by atoms with Crippen molar-refractivity contribution in [2.24, 2.45) is 23.3 Å². The Balaban J connectivity index is 1.49. The monoisotopic (exact) mass is 999 g/mol. The highest BCUT2D eigenvalue weighted by Crippen LogP contribution is 2.20. The van der Waals surface area contributed by atoms with E-state index in [1.807, 2.05) is 38.1 Å². The van der Waals surface area contributed by atoms with Crippen LogP contribution in [0.3, 0.4) is 0 Å². The van der Waals surface area contributed by atoms with E-state index in [1.54, 1.807) is 50.4 Å². The Morgan fingerprint density at radius 1 is 0.681 bits per heavy atom. The third-order valence-electron chi connectivity index (χ3n) is 12.1. The molecule has 390 valence electrons. The van der Waals surface area contributed by atoms with Gasteiger partial charge >= 0.3 is 5.97 Å². The number of hydrogen-bond donors (Lipinski definition) is 10. The van der Waals surface area contributed by atoms with Gasteiger partial charge in [-0.2, -0.15) is 0 Å². The van der Waals surface area contributed by atoms with E-state index in [4.69, 9.17) is 16.2 Å². The highest BCUT2D eigenvalue weighted by Gasteiger charge is 2.36. The van der Waals surface area contributed by atoms with Crippen LogP contribution in [0.4, 0.5) is 0 Å². The molecule has 0 unspecified atom stereocenters. The first kappa shape index (κ1) is 57.0. The number of aromatic amines is 2. The Kier molecular flexibility index (Phi) is 21.4. The van der Waals surface area contributed by atoms with Gasteiger partial charge in [0.1, 0.15) is 42.3 Å². The second-order valence-corrected chi connectivity index (χ2v) is 18.6. The van der Waals surface area contributed by atoms with E-state index in [1.165, 1.54) is 40.5 Å². The lowest BCUT2D eigenvalue weighted by Gasteiger charge is -2.32. The lowest BCUT2D eigenvalue weighted by Crippen LogP contribution is -2.60. The topological polar surface area (TPSA) is 335 Å². The second-order valence-electron chi connectivity index (χ2n) is 18.6. The van der Waals surface area contributed by atoms with E-state index in [2.05, 4.69) is 46.9 Å². The van der Waals surface area contributed by atoms with E-state index in [0.717, 1.165) is 21.4 Å². The zero-order valence-corrected chi connectivity index (χ0v) is 42.1. The summed E-state index contributed by atoms with van der Waals surface area (Å²) in [5, 5.41) is 16.8. The summed E-state index contributed by atoms with van der Waals surface area (Å²) in [6.45, 7) is 9.94. The van der Waals surface area contributed by atoms with Crippen LogP contribution in [0, 0.1) is 11.8 Å². The number of imidazole rings is 1. The zero-order chi connectivity index (χ0) is 53.2. The SMILES string of the molecule is COC(=O)[C@H](CC(C)C)NC(=O)[C@H](Cc1cnc[nH]1)NC(=O)[C@@H](C)N(C)C(=O)[C@@H](NC(=O)[C@H](C)NC(=O)[C@H](Cc1c[nH]c2ccccc12)NC(=O)[C@H](CCC(N)=O)NC(=O)[C@H](N)Cc1ccccc1)C(C)C. The molecule has 0 saturated heterocycles. The first-order chi connectivity index (χ1) is 34.1. The number of nitrogens with zero attached hydrogens (tertiary/aromatic N) is 2. The van der Waals surface area contributed by atoms with Crippen LogP contribution >= 0.6 is 0 Å². The van der Waals surface area contributed by atoms with Gasteiger partial charge in [0.15, 0.2) is 0 Å². The molecule has 22 heteroatoms. The minimum atomic E-state index is -1.34. The van der Waals surface area contributed by atoms with Crippen LogP contribution in [0.5, 0.6) is 0 Å². The molecule has 22 nitrogen and oxygen atoms in total. The quantitative estimate of drug-likeness (QED) is 0.0358. The Morgan fingerprint density at radius 2 is 1.28 bits per heavy atom. The number of para-hydroxylation sites is 1. The number of aromatic nitrogens is 3. The number of ether oxygens (including phenoxy) is 1. The van der Waals surface area contributed by atoms with Gasteiger partial charge in [-0.3, -0.25) is 38.4 Å². The maximum absolute atomic E-state index is 14.2. The third-order valence-corrected chi connectivity index (χ3v) is 12.1. The minimum Gasteiger partial charge on any atom is -0.467 e. The van der Waals surface area contributed by atoms with E-state index >= 15 is 0 Å². The fourth-order valence-electron chi connectivity index (χ4n) is 7.77. The van der Waals surface area contributed by atoms with Crippen LogP contribution in [-0.4, -0.2) is 136 Å². The molecule has 0 spiro atoms. The highest BCUT2D eigenvalue weighted by atomic mass is 16.5. The largest absolute Gasteiger partial charge is 0.467 e. The Morgan fingerprint density at radius 3 is 1.90 bits per heavy atom. The predicted molar refractivity (Wildman–Crippen MR) is 267 cm³/mol. The number of methoxy groups -OCH3 is 1. The number of likely N-dealkylation sites (N-methyl/N-ethyl adjacent to an activating group) is 1. The maximum atomic E-state index is 14.2. The van der Waals surface area contributed by atoms with Crippen molar-refractivity contribution in [3.8, 4) is 0 Å². The van der Waals surface area contributed by atoms with Gasteiger partial charge < -0.3 is 63.0 Å². The van der Waals surface area contributed by atoms with Gasteiger partial charge in [0.05, 0.1) is 19.5 Å². The highest BCUT2D eigenvalue weighted by molar-refractivity contribution is 5.98. The van der Waals surface area contributed by atoms with Gasteiger partial charge in [-0.1, -0.05) is 76.2 Å². The fraction of sp³-hybridized carbons (Fsp3) is 0.480. The normalized spacial score (nSPS) is 14.6. The van der Waals surface area contributed by atoms with Gasteiger partial charge in [-0.05, 0) is 62.1 Å². The van der Waals surface area contributed by atoms with Crippen molar-refractivity contribution in [2.75, 3.05) is 14.2 Å². The summed E-state index contributed by atoms with van der Waals surface area (Å²) in [6, 6.07) is 6.70. The van der Waals surface area contributed by atoms with Crippen molar-refractivity contribution in [3.63, 3.8) is 0 Å². The molecule has 0 saturated carbocycles. The van der Waals surface area contributed by atoms with Crippen LogP contribution < -0.4 is 43.4 Å². The van der Waals surface area contributed by atoms with Gasteiger partial charge in [0.25, 0.3) is 0 Å². The molecule has 0 radical (unpaired) electrons. The molecule has 4 aromatic rings. The number of H-pyrrole nitrogens is 2. The van der Waals surface area contributed by atoms with Crippen molar-refractivity contribution in [2.45, 2.75) is 128 Å². The number of carbonyl (C=O) groups is 9. The molecule has 72 heavy (non-hydrogen) atoms. The average molecular weight is 999 g/mol. The lowest BCUT2D eigenvalue weighted by molar-refractivity contribution is -0.146. The van der Waals surface area contributed by atoms with Gasteiger partial charge in [-0.15, -0.1) is 0 Å². The Bertz CT molecular complexity index is 2500. The second kappa shape index (κ2) is 27.1. The number of amides is 8. The lowest BCUT2D eigenvalue weighted by atomic mass is 10.0. The summed E-state index contributed by atoms with van der Waals surface area (Å²) in [5.41, 5.74) is 14.3. The Hall–Kier alpha value is -7.62. The number of nitrogens with two attached hydrogens (primary N) is 2. The molecule has 2 aromatic heterocycles. The van der Waals surface area contributed by atoms with Crippen LogP contribution in [0.1, 0.15) is 77.6 Å². The van der Waals surface area contributed by atoms with Crippen molar-refractivity contribution in [1.82, 2.24) is 51.8 Å². The van der Waals surface area contributed by atoms with Crippen LogP contribution in [0.2, 0.25) is 0 Å². The van der Waals surface area contributed by atoms with E-state index in [9.17, 15) is 43.2 Å². The molecule has 2 heterocycles. The number of primary amides is 1. The number of fused-ring (bicyclic) bond motifs is 1. The molecule has 12 N–H and O–H groups in total. The fourth-order valence-corrected chi connectivity index (χ4v) is 7.77. The summed E-state index contributed by atoms with van der Waals surface area (Å²) in [5.74, 6) is -6.98. The first-order valence-corrected chi connectivity index (χ1v) is 23.9. The summed E-state index contributed by atoms with van der Waals surface area (Å²) in [7, 11) is 2.58. The molecule has 0 aliphatic heterocycles. The molecule has 0 aliphatic carbocycles. The predicted octanol–water partition coefficient (Wildman–Crippen LogP) is 0.162. The molecule has 8 atom stereocenters. The number of rotatable bonds is 27. The minimum absolute atomic E-state index is 0.0157. The van der Waals surface area contributed by atoms with E-state index in [0.29, 0.717) is 11.3 Å². The standard InChI is InChI=1S/C50H70N12O10/c1-27(2)20-40(50(71)72-8)60-48(69)39(23-33-25-53-26-55-33)58-44(65)30(6)62(7)49(70)42(28(3)4)61-43(64)29(5)56-47(68)38(22-32-24-54-36-17-13-12-16-34(32)36)59-46(67)37(18-19-41(52)63)57-45(66)35(51)21-31-14-10-9-11-15-31/h9-17,24-30,35,37-40,42,54H,18-23,51H2,1-8H3,(H2,52,63)(H,53,55)(H,56,68)(H,57,66)(H,58,65)(H,59,67)(H,60,69)(H,61,64)/t29-,30+,35+,37-,38-,39-,40-,42-/m0/s1. The van der Waals surface area contributed by atoms with E-state index in [-0.39, 0.29) is 44.4 Å². The molecular formula is C50H70N12O10. The number of benzene rings is 2. The molecule has 0 fully saturated rings. The average Bonchev–Trinajstić information content (AvgIpc) is 4.02. The van der Waals surface area contributed by atoms with Crippen LogP contribution in [0.25, 0.3) is 10.9 Å². The van der Waals surface area contributed by atoms with Crippen molar-refractivity contribution < 1.29 is 47.9 Å².